The van der Waals surface area contributed by atoms with Crippen LogP contribution in [-0.2, 0) is 28.2 Å². The summed E-state index contributed by atoms with van der Waals surface area (Å²) >= 11 is 1.28. The number of nitrogens with zero attached hydrogens (tertiary/aromatic N) is 3. The van der Waals surface area contributed by atoms with Gasteiger partial charge in [-0.05, 0) is 23.6 Å². The van der Waals surface area contributed by atoms with E-state index in [-0.39, 0.29) is 22.6 Å². The average Bonchev–Trinajstić information content (AvgIpc) is 3.04. The molecule has 1 aliphatic rings. The highest BCUT2D eigenvalue weighted by Gasteiger charge is 2.34. The Kier molecular flexibility index (Phi) is 6.84. The number of carbonyl (C=O) groups excluding carboxylic acids is 1. The number of halogens is 3. The van der Waals surface area contributed by atoms with Gasteiger partial charge in [-0.1, -0.05) is 20.8 Å². The van der Waals surface area contributed by atoms with Crippen LogP contribution in [0.2, 0.25) is 0 Å². The van der Waals surface area contributed by atoms with Gasteiger partial charge in [0.2, 0.25) is 10.0 Å². The lowest BCUT2D eigenvalue weighted by molar-refractivity contribution is -0.137. The minimum Gasteiger partial charge on any atom is -0.496 e. The van der Waals surface area contributed by atoms with Gasteiger partial charge in [0, 0.05) is 36.6 Å². The first kappa shape index (κ1) is 25.4. The summed E-state index contributed by atoms with van der Waals surface area (Å²) < 4.78 is 71.0. The summed E-state index contributed by atoms with van der Waals surface area (Å²) in [6.45, 7) is 7.16. The lowest BCUT2D eigenvalue weighted by Crippen LogP contribution is -2.51. The Labute approximate surface area is 194 Å². The maximum Gasteiger partial charge on any atom is 0.416 e. The molecule has 2 heterocycles. The van der Waals surface area contributed by atoms with E-state index in [0.29, 0.717) is 24.4 Å². The number of hydrogen-bond donors (Lipinski definition) is 0. The standard InChI is InChI=1S/C21H26F3N3O4S2/c1-20(2,3)17-12-26(9-13-10-27(11-13)33(5,29)30)19(32-17)25-18(28)15-8-14(21(22,23)24)6-7-16(15)31-4/h6-8,12-13H,9-11H2,1-5H3. The first-order valence-electron chi connectivity index (χ1n) is 10.1. The van der Waals surface area contributed by atoms with Crippen LogP contribution in [0.4, 0.5) is 13.2 Å². The van der Waals surface area contributed by atoms with E-state index >= 15 is 0 Å². The molecule has 12 heteroatoms. The fourth-order valence-electron chi connectivity index (χ4n) is 3.33. The van der Waals surface area contributed by atoms with Crippen LogP contribution >= 0.6 is 11.3 Å². The van der Waals surface area contributed by atoms with Crippen molar-refractivity contribution in [3.05, 3.63) is 45.2 Å². The molecule has 0 aliphatic carbocycles. The highest BCUT2D eigenvalue weighted by atomic mass is 32.2. The van der Waals surface area contributed by atoms with E-state index < -0.39 is 27.7 Å². The Morgan fingerprint density at radius 3 is 2.39 bits per heavy atom. The zero-order valence-electron chi connectivity index (χ0n) is 18.9. The molecular weight excluding hydrogens is 479 g/mol. The molecule has 1 aromatic carbocycles. The maximum atomic E-state index is 13.2. The fourth-order valence-corrected chi connectivity index (χ4v) is 5.35. The van der Waals surface area contributed by atoms with Crippen molar-refractivity contribution in [2.75, 3.05) is 26.5 Å². The normalized spacial score (nSPS) is 16.7. The van der Waals surface area contributed by atoms with Gasteiger partial charge in [-0.3, -0.25) is 4.79 Å². The molecule has 182 valence electrons. The molecular formula is C21H26F3N3O4S2. The number of rotatable bonds is 5. The molecule has 0 spiro atoms. The minimum atomic E-state index is -4.61. The van der Waals surface area contributed by atoms with E-state index in [9.17, 15) is 26.4 Å². The van der Waals surface area contributed by atoms with Crippen LogP contribution in [0.3, 0.4) is 0 Å². The Bertz CT molecular complexity index is 1220. The van der Waals surface area contributed by atoms with Gasteiger partial charge < -0.3 is 9.30 Å². The van der Waals surface area contributed by atoms with E-state index in [1.54, 1.807) is 4.57 Å². The van der Waals surface area contributed by atoms with Crippen molar-refractivity contribution in [3.63, 3.8) is 0 Å². The molecule has 0 radical (unpaired) electrons. The van der Waals surface area contributed by atoms with Crippen molar-refractivity contribution in [1.82, 2.24) is 8.87 Å². The molecule has 0 saturated carbocycles. The van der Waals surface area contributed by atoms with Gasteiger partial charge in [0.05, 0.1) is 24.5 Å². The first-order chi connectivity index (χ1) is 15.1. The Morgan fingerprint density at radius 1 is 1.24 bits per heavy atom. The summed E-state index contributed by atoms with van der Waals surface area (Å²) in [5.74, 6) is -0.807. The molecule has 1 fully saturated rings. The summed E-state index contributed by atoms with van der Waals surface area (Å²) in [5, 5.41) is 0. The Morgan fingerprint density at radius 2 is 1.88 bits per heavy atom. The van der Waals surface area contributed by atoms with Crippen molar-refractivity contribution in [2.24, 2.45) is 10.9 Å². The number of aromatic nitrogens is 1. The van der Waals surface area contributed by atoms with Crippen LogP contribution in [0.5, 0.6) is 5.75 Å². The zero-order valence-corrected chi connectivity index (χ0v) is 20.6. The van der Waals surface area contributed by atoms with E-state index in [4.69, 9.17) is 4.74 Å². The minimum absolute atomic E-state index is 0.00121. The van der Waals surface area contributed by atoms with Crippen LogP contribution in [0, 0.1) is 5.92 Å². The van der Waals surface area contributed by atoms with Gasteiger partial charge in [0.15, 0.2) is 4.80 Å². The van der Waals surface area contributed by atoms with Crippen molar-refractivity contribution < 1.29 is 31.1 Å². The highest BCUT2D eigenvalue weighted by Crippen LogP contribution is 2.33. The monoisotopic (exact) mass is 505 g/mol. The van der Waals surface area contributed by atoms with Crippen LogP contribution in [0.1, 0.15) is 41.6 Å². The number of thiazole rings is 1. The SMILES string of the molecule is COc1ccc(C(F)(F)F)cc1C(=O)N=c1sc(C(C)(C)C)cn1CC1CN(S(C)(=O)=O)C1. The number of hydrogen-bond acceptors (Lipinski definition) is 5. The summed E-state index contributed by atoms with van der Waals surface area (Å²) in [5.41, 5.74) is -1.49. The number of carbonyl (C=O) groups is 1. The Balaban J connectivity index is 1.99. The first-order valence-corrected chi connectivity index (χ1v) is 12.8. The van der Waals surface area contributed by atoms with Crippen molar-refractivity contribution >= 4 is 27.3 Å². The molecule has 1 aromatic heterocycles. The molecule has 1 aliphatic heterocycles. The third-order valence-electron chi connectivity index (χ3n) is 5.26. The van der Waals surface area contributed by atoms with Gasteiger partial charge in [0.25, 0.3) is 5.91 Å². The molecule has 3 rings (SSSR count). The molecule has 0 unspecified atom stereocenters. The second kappa shape index (κ2) is 8.88. The smallest absolute Gasteiger partial charge is 0.416 e. The van der Waals surface area contributed by atoms with Gasteiger partial charge in [-0.2, -0.15) is 18.2 Å². The lowest BCUT2D eigenvalue weighted by Gasteiger charge is -2.37. The molecule has 0 N–H and O–H groups in total. The molecule has 1 amide bonds. The highest BCUT2D eigenvalue weighted by molar-refractivity contribution is 7.88. The summed E-state index contributed by atoms with van der Waals surface area (Å²) in [7, 11) is -1.98. The predicted octanol–water partition coefficient (Wildman–Crippen LogP) is 3.51. The summed E-state index contributed by atoms with van der Waals surface area (Å²) in [4.78, 5) is 18.3. The zero-order chi connectivity index (χ0) is 24.8. The molecule has 1 saturated heterocycles. The molecule has 7 nitrogen and oxygen atoms in total. The predicted molar refractivity (Wildman–Crippen MR) is 119 cm³/mol. The largest absolute Gasteiger partial charge is 0.496 e. The number of amides is 1. The van der Waals surface area contributed by atoms with Gasteiger partial charge in [0.1, 0.15) is 5.75 Å². The van der Waals surface area contributed by atoms with E-state index in [2.05, 4.69) is 4.99 Å². The third-order valence-corrected chi connectivity index (χ3v) is 7.94. The van der Waals surface area contributed by atoms with E-state index in [0.717, 1.165) is 29.3 Å². The third kappa shape index (κ3) is 5.85. The molecule has 0 bridgehead atoms. The van der Waals surface area contributed by atoms with Crippen LogP contribution in [-0.4, -0.2) is 49.7 Å². The average molecular weight is 506 g/mol. The molecule has 33 heavy (non-hydrogen) atoms. The Hall–Kier alpha value is -2.18. The van der Waals surface area contributed by atoms with Gasteiger partial charge in [-0.15, -0.1) is 11.3 Å². The van der Waals surface area contributed by atoms with E-state index in [1.165, 1.54) is 22.8 Å². The summed E-state index contributed by atoms with van der Waals surface area (Å²) in [6.07, 6.45) is -1.59. The van der Waals surface area contributed by atoms with Crippen LogP contribution in [0.25, 0.3) is 0 Å². The van der Waals surface area contributed by atoms with Crippen molar-refractivity contribution in [1.29, 1.82) is 0 Å². The molecule has 2 aromatic rings. The number of sulfonamides is 1. The number of methoxy groups -OCH3 is 1. The quantitative estimate of drug-likeness (QED) is 0.623. The fraction of sp³-hybridized carbons (Fsp3) is 0.524. The van der Waals surface area contributed by atoms with E-state index in [1.807, 2.05) is 27.0 Å². The second-order valence-electron chi connectivity index (χ2n) is 9.06. The summed E-state index contributed by atoms with van der Waals surface area (Å²) in [6, 6.07) is 2.69. The number of benzene rings is 1. The van der Waals surface area contributed by atoms with Gasteiger partial charge >= 0.3 is 6.18 Å². The topological polar surface area (TPSA) is 81.0 Å². The lowest BCUT2D eigenvalue weighted by atomic mass is 9.95. The second-order valence-corrected chi connectivity index (χ2v) is 12.0. The molecule has 0 atom stereocenters. The van der Waals surface area contributed by atoms with Crippen LogP contribution in [0.15, 0.2) is 29.4 Å². The number of alkyl halides is 3. The number of ether oxygens (including phenoxy) is 1. The van der Waals surface area contributed by atoms with Crippen LogP contribution < -0.4 is 9.54 Å². The van der Waals surface area contributed by atoms with Crippen molar-refractivity contribution in [2.45, 2.75) is 38.9 Å². The van der Waals surface area contributed by atoms with Crippen molar-refractivity contribution in [3.8, 4) is 5.75 Å². The maximum absolute atomic E-state index is 13.2. The van der Waals surface area contributed by atoms with Gasteiger partial charge in [-0.25, -0.2) is 12.7 Å².